The Hall–Kier alpha value is -3.26. The fraction of sp³-hybridized carbons (Fsp3) is 0.304. The van der Waals surface area contributed by atoms with E-state index >= 15 is 0 Å². The van der Waals surface area contributed by atoms with Crippen molar-refractivity contribution in [1.82, 2.24) is 0 Å². The summed E-state index contributed by atoms with van der Waals surface area (Å²) in [5.74, 6) is 0.971. The van der Waals surface area contributed by atoms with Crippen LogP contribution in [0.5, 0.6) is 11.5 Å². The van der Waals surface area contributed by atoms with Crippen LogP contribution in [0.15, 0.2) is 35.9 Å². The van der Waals surface area contributed by atoms with E-state index in [1.54, 1.807) is 6.08 Å². The number of aryl methyl sites for hydroxylation is 2. The Morgan fingerprint density at radius 2 is 2.07 bits per heavy atom. The number of fused-ring (bicyclic) bond motifs is 1. The van der Waals surface area contributed by atoms with Crippen molar-refractivity contribution in [3.05, 3.63) is 58.2 Å². The summed E-state index contributed by atoms with van der Waals surface area (Å²) < 4.78 is 11.6. The summed E-state index contributed by atoms with van der Waals surface area (Å²) in [6.45, 7) is 8.24. The van der Waals surface area contributed by atoms with Gasteiger partial charge in [-0.15, -0.1) is 0 Å². The zero-order valence-corrected chi connectivity index (χ0v) is 16.6. The van der Waals surface area contributed by atoms with Gasteiger partial charge in [-0.05, 0) is 57.0 Å². The first-order valence-corrected chi connectivity index (χ1v) is 9.38. The molecule has 1 aliphatic rings. The zero-order chi connectivity index (χ0) is 20.3. The van der Waals surface area contributed by atoms with E-state index in [4.69, 9.17) is 9.47 Å². The van der Waals surface area contributed by atoms with Crippen LogP contribution in [-0.4, -0.2) is 18.6 Å². The van der Waals surface area contributed by atoms with Gasteiger partial charge in [-0.1, -0.05) is 18.2 Å². The second-order valence-electron chi connectivity index (χ2n) is 6.95. The van der Waals surface area contributed by atoms with Crippen molar-refractivity contribution in [3.63, 3.8) is 0 Å². The number of hydrogen-bond acceptors (Lipinski definition) is 4. The predicted molar refractivity (Wildman–Crippen MR) is 110 cm³/mol. The minimum Gasteiger partial charge on any atom is -0.493 e. The van der Waals surface area contributed by atoms with Gasteiger partial charge in [0, 0.05) is 23.2 Å². The van der Waals surface area contributed by atoms with E-state index in [0.29, 0.717) is 17.9 Å². The highest BCUT2D eigenvalue weighted by molar-refractivity contribution is 6.10. The summed E-state index contributed by atoms with van der Waals surface area (Å²) in [5.41, 5.74) is 4.36. The molecule has 1 N–H and O–H groups in total. The summed E-state index contributed by atoms with van der Waals surface area (Å²) in [4.78, 5) is 12.7. The predicted octanol–water partition coefficient (Wildman–Crippen LogP) is 4.57. The van der Waals surface area contributed by atoms with E-state index in [1.807, 2.05) is 64.1 Å². The average Bonchev–Trinajstić information content (AvgIpc) is 3.01. The van der Waals surface area contributed by atoms with E-state index in [0.717, 1.165) is 34.5 Å². The zero-order valence-electron chi connectivity index (χ0n) is 16.6. The van der Waals surface area contributed by atoms with Crippen molar-refractivity contribution in [2.75, 3.05) is 11.9 Å². The van der Waals surface area contributed by atoms with Gasteiger partial charge in [0.05, 0.1) is 6.61 Å². The van der Waals surface area contributed by atoms with Crippen LogP contribution in [0, 0.1) is 25.2 Å². The summed E-state index contributed by atoms with van der Waals surface area (Å²) in [6.07, 6.45) is 2.48. The van der Waals surface area contributed by atoms with E-state index in [2.05, 4.69) is 5.32 Å². The molecule has 5 nitrogen and oxygen atoms in total. The first-order chi connectivity index (χ1) is 13.4. The molecule has 0 radical (unpaired) electrons. The number of rotatable bonds is 5. The molecule has 2 aromatic rings. The number of anilines is 1. The lowest BCUT2D eigenvalue weighted by Crippen LogP contribution is -2.15. The highest BCUT2D eigenvalue weighted by atomic mass is 16.5. The number of hydrogen-bond donors (Lipinski definition) is 1. The molecule has 0 aliphatic carbocycles. The van der Waals surface area contributed by atoms with E-state index < -0.39 is 5.91 Å². The molecular weight excluding hydrogens is 352 g/mol. The van der Waals surface area contributed by atoms with Gasteiger partial charge in [0.2, 0.25) is 0 Å². The molecule has 0 saturated carbocycles. The lowest BCUT2D eigenvalue weighted by molar-refractivity contribution is -0.112. The quantitative estimate of drug-likeness (QED) is 0.613. The number of carbonyl (C=O) groups is 1. The standard InChI is InChI=1S/C23H24N2O3/c1-5-27-20-11-17-9-16(4)28-21(17)12-18(20)10-19(13-24)23(26)25-22-14(2)7-6-8-15(22)3/h6-8,10-12,16H,5,9H2,1-4H3,(H,25,26)/b19-10+/t16-/m0/s1. The van der Waals surface area contributed by atoms with Crippen molar-refractivity contribution >= 4 is 17.7 Å². The van der Waals surface area contributed by atoms with E-state index in [9.17, 15) is 10.1 Å². The van der Waals surface area contributed by atoms with Crippen molar-refractivity contribution in [1.29, 1.82) is 5.26 Å². The molecule has 0 saturated heterocycles. The van der Waals surface area contributed by atoms with Gasteiger partial charge in [-0.25, -0.2) is 0 Å². The fourth-order valence-electron chi connectivity index (χ4n) is 3.34. The maximum Gasteiger partial charge on any atom is 0.266 e. The van der Waals surface area contributed by atoms with Gasteiger partial charge in [-0.2, -0.15) is 5.26 Å². The van der Waals surface area contributed by atoms with Gasteiger partial charge >= 0.3 is 0 Å². The number of amides is 1. The minimum atomic E-state index is -0.447. The Kier molecular flexibility index (Phi) is 5.70. The molecule has 1 aliphatic heterocycles. The van der Waals surface area contributed by atoms with Crippen LogP contribution in [0.25, 0.3) is 6.08 Å². The molecular formula is C23H24N2O3. The first-order valence-electron chi connectivity index (χ1n) is 9.38. The third-order valence-electron chi connectivity index (χ3n) is 4.71. The molecule has 0 bridgehead atoms. The number of benzene rings is 2. The van der Waals surface area contributed by atoms with Gasteiger partial charge in [-0.3, -0.25) is 4.79 Å². The highest BCUT2D eigenvalue weighted by Gasteiger charge is 2.22. The summed E-state index contributed by atoms with van der Waals surface area (Å²) in [5, 5.41) is 12.4. The van der Waals surface area contributed by atoms with Crippen molar-refractivity contribution < 1.29 is 14.3 Å². The second kappa shape index (κ2) is 8.18. The Labute approximate surface area is 165 Å². The maximum absolute atomic E-state index is 12.7. The lowest BCUT2D eigenvalue weighted by atomic mass is 10.0. The number of ether oxygens (including phenoxy) is 2. The van der Waals surface area contributed by atoms with Gasteiger partial charge in [0.15, 0.2) is 0 Å². The smallest absolute Gasteiger partial charge is 0.266 e. The summed E-state index contributed by atoms with van der Waals surface area (Å²) >= 11 is 0. The number of nitrogens with one attached hydrogen (secondary N) is 1. The normalized spacial score (nSPS) is 15.4. The molecule has 144 valence electrons. The number of nitriles is 1. The topological polar surface area (TPSA) is 71.3 Å². The Morgan fingerprint density at radius 1 is 1.36 bits per heavy atom. The van der Waals surface area contributed by atoms with Crippen molar-refractivity contribution in [2.45, 2.75) is 40.2 Å². The second-order valence-corrected chi connectivity index (χ2v) is 6.95. The molecule has 5 heteroatoms. The molecule has 1 amide bonds. The maximum atomic E-state index is 12.7. The molecule has 1 heterocycles. The molecule has 0 aromatic heterocycles. The largest absolute Gasteiger partial charge is 0.493 e. The van der Waals surface area contributed by atoms with E-state index in [-0.39, 0.29) is 11.7 Å². The van der Waals surface area contributed by atoms with E-state index in [1.165, 1.54) is 0 Å². The minimum absolute atomic E-state index is 0.00889. The third kappa shape index (κ3) is 4.01. The SMILES string of the molecule is CCOc1cc2c(cc1/C=C(\C#N)C(=O)Nc1c(C)cccc1C)O[C@@H](C)C2. The first kappa shape index (κ1) is 19.5. The Balaban J connectivity index is 1.95. The summed E-state index contributed by atoms with van der Waals surface area (Å²) in [7, 11) is 0. The van der Waals surface area contributed by atoms with Crippen LogP contribution >= 0.6 is 0 Å². The molecule has 3 rings (SSSR count). The molecule has 1 atom stereocenters. The Morgan fingerprint density at radius 3 is 2.71 bits per heavy atom. The van der Waals surface area contributed by atoms with Crippen LogP contribution in [-0.2, 0) is 11.2 Å². The monoisotopic (exact) mass is 376 g/mol. The van der Waals surface area contributed by atoms with Crippen LogP contribution in [0.2, 0.25) is 0 Å². The average molecular weight is 376 g/mol. The van der Waals surface area contributed by atoms with Crippen LogP contribution in [0.3, 0.4) is 0 Å². The molecule has 0 unspecified atom stereocenters. The van der Waals surface area contributed by atoms with Gasteiger partial charge < -0.3 is 14.8 Å². The lowest BCUT2D eigenvalue weighted by Gasteiger charge is -2.12. The molecule has 2 aromatic carbocycles. The van der Waals surface area contributed by atoms with Crippen molar-refractivity contribution in [3.8, 4) is 17.6 Å². The Bertz CT molecular complexity index is 966. The van der Waals surface area contributed by atoms with Crippen LogP contribution in [0.1, 0.15) is 36.1 Å². The van der Waals surface area contributed by atoms with Crippen molar-refractivity contribution in [2.24, 2.45) is 0 Å². The number of para-hydroxylation sites is 1. The van der Waals surface area contributed by atoms with Crippen LogP contribution in [0.4, 0.5) is 5.69 Å². The van der Waals surface area contributed by atoms with Gasteiger partial charge in [0.25, 0.3) is 5.91 Å². The molecule has 0 spiro atoms. The fourth-order valence-corrected chi connectivity index (χ4v) is 3.34. The number of nitrogens with zero attached hydrogens (tertiary/aromatic N) is 1. The number of carbonyl (C=O) groups excluding carboxylic acids is 1. The third-order valence-corrected chi connectivity index (χ3v) is 4.71. The summed E-state index contributed by atoms with van der Waals surface area (Å²) in [6, 6.07) is 11.6. The molecule has 0 fully saturated rings. The van der Waals surface area contributed by atoms with Crippen LogP contribution < -0.4 is 14.8 Å². The molecule has 28 heavy (non-hydrogen) atoms. The van der Waals surface area contributed by atoms with Gasteiger partial charge in [0.1, 0.15) is 29.2 Å². The highest BCUT2D eigenvalue weighted by Crippen LogP contribution is 2.36.